The van der Waals surface area contributed by atoms with Crippen LogP contribution in [0.25, 0.3) is 5.69 Å². The van der Waals surface area contributed by atoms with E-state index in [1.807, 2.05) is 30.9 Å². The minimum Gasteiger partial charge on any atom is -0.372 e. The molecule has 7 heteroatoms. The number of tetrazole rings is 1. The zero-order valence-corrected chi connectivity index (χ0v) is 12.0. The van der Waals surface area contributed by atoms with Gasteiger partial charge in [-0.15, -0.1) is 5.10 Å². The molecule has 0 unspecified atom stereocenters. The predicted octanol–water partition coefficient (Wildman–Crippen LogP) is 0.912. The van der Waals surface area contributed by atoms with Gasteiger partial charge in [0.25, 0.3) is 5.91 Å². The number of ether oxygens (including phenoxy) is 1. The van der Waals surface area contributed by atoms with Crippen molar-refractivity contribution in [3.63, 3.8) is 0 Å². The molecule has 3 rings (SSSR count). The molecule has 1 aliphatic rings. The largest absolute Gasteiger partial charge is 0.372 e. The maximum atomic E-state index is 12.6. The van der Waals surface area contributed by atoms with E-state index in [1.165, 1.54) is 11.0 Å². The highest BCUT2D eigenvalue weighted by molar-refractivity contribution is 5.94. The van der Waals surface area contributed by atoms with Gasteiger partial charge in [-0.3, -0.25) is 4.79 Å². The van der Waals surface area contributed by atoms with E-state index in [2.05, 4.69) is 15.5 Å². The van der Waals surface area contributed by atoms with Gasteiger partial charge in [0.2, 0.25) is 0 Å². The SMILES string of the molecule is C[C@@H]1CN(C(=O)c2cccc(-n3cnnn3)c2)C[C@H](C)O1. The average molecular weight is 287 g/mol. The van der Waals surface area contributed by atoms with Crippen molar-refractivity contribution in [1.29, 1.82) is 0 Å². The maximum Gasteiger partial charge on any atom is 0.254 e. The number of amides is 1. The first kappa shape index (κ1) is 13.7. The fourth-order valence-corrected chi connectivity index (χ4v) is 2.59. The van der Waals surface area contributed by atoms with Gasteiger partial charge in [-0.05, 0) is 42.5 Å². The van der Waals surface area contributed by atoms with Gasteiger partial charge in [0, 0.05) is 18.7 Å². The van der Waals surface area contributed by atoms with Crippen molar-refractivity contribution in [3.05, 3.63) is 36.2 Å². The van der Waals surface area contributed by atoms with E-state index < -0.39 is 0 Å². The van der Waals surface area contributed by atoms with Crippen molar-refractivity contribution in [2.75, 3.05) is 13.1 Å². The van der Waals surface area contributed by atoms with Crippen molar-refractivity contribution in [3.8, 4) is 5.69 Å². The van der Waals surface area contributed by atoms with Crippen LogP contribution in [0.15, 0.2) is 30.6 Å². The molecular weight excluding hydrogens is 270 g/mol. The quantitative estimate of drug-likeness (QED) is 0.821. The summed E-state index contributed by atoms with van der Waals surface area (Å²) in [5.41, 5.74) is 1.39. The Morgan fingerprint density at radius 1 is 1.29 bits per heavy atom. The molecule has 0 bridgehead atoms. The van der Waals surface area contributed by atoms with Crippen molar-refractivity contribution in [2.24, 2.45) is 0 Å². The smallest absolute Gasteiger partial charge is 0.254 e. The zero-order chi connectivity index (χ0) is 14.8. The summed E-state index contributed by atoms with van der Waals surface area (Å²) < 4.78 is 7.19. The lowest BCUT2D eigenvalue weighted by Crippen LogP contribution is -2.48. The Hall–Kier alpha value is -2.28. The number of rotatable bonds is 2. The van der Waals surface area contributed by atoms with Crippen LogP contribution in [-0.4, -0.2) is 56.3 Å². The van der Waals surface area contributed by atoms with Crippen LogP contribution in [0.5, 0.6) is 0 Å². The summed E-state index contributed by atoms with van der Waals surface area (Å²) in [5.74, 6) is 0.00641. The van der Waals surface area contributed by atoms with Crippen molar-refractivity contribution < 1.29 is 9.53 Å². The van der Waals surface area contributed by atoms with Crippen molar-refractivity contribution in [2.45, 2.75) is 26.1 Å². The van der Waals surface area contributed by atoms with E-state index in [9.17, 15) is 4.79 Å². The lowest BCUT2D eigenvalue weighted by Gasteiger charge is -2.35. The van der Waals surface area contributed by atoms with E-state index in [4.69, 9.17) is 4.74 Å². The summed E-state index contributed by atoms with van der Waals surface area (Å²) >= 11 is 0. The fraction of sp³-hybridized carbons (Fsp3) is 0.429. The minimum atomic E-state index is 0.00641. The summed E-state index contributed by atoms with van der Waals surface area (Å²) in [5, 5.41) is 11.0. The number of aromatic nitrogens is 4. The molecule has 1 aromatic carbocycles. The third kappa shape index (κ3) is 2.92. The number of benzene rings is 1. The molecule has 2 atom stereocenters. The molecule has 110 valence electrons. The molecule has 1 amide bonds. The van der Waals surface area contributed by atoms with E-state index in [0.717, 1.165) is 5.69 Å². The van der Waals surface area contributed by atoms with Crippen LogP contribution in [-0.2, 0) is 4.74 Å². The van der Waals surface area contributed by atoms with E-state index in [0.29, 0.717) is 18.7 Å². The monoisotopic (exact) mass is 287 g/mol. The van der Waals surface area contributed by atoms with E-state index >= 15 is 0 Å². The Bertz CT molecular complexity index is 618. The van der Waals surface area contributed by atoms with Gasteiger partial charge in [-0.25, -0.2) is 4.68 Å². The van der Waals surface area contributed by atoms with Crippen LogP contribution in [0.1, 0.15) is 24.2 Å². The highest BCUT2D eigenvalue weighted by atomic mass is 16.5. The van der Waals surface area contributed by atoms with Gasteiger partial charge in [0.1, 0.15) is 6.33 Å². The van der Waals surface area contributed by atoms with Crippen LogP contribution in [0.2, 0.25) is 0 Å². The number of carbonyl (C=O) groups excluding carboxylic acids is 1. The standard InChI is InChI=1S/C14H17N5O2/c1-10-7-18(8-11(2)21-10)14(20)12-4-3-5-13(6-12)19-9-15-16-17-19/h3-6,9-11H,7-8H2,1-2H3/t10-,11+. The van der Waals surface area contributed by atoms with Crippen LogP contribution < -0.4 is 0 Å². The molecule has 0 radical (unpaired) electrons. The lowest BCUT2D eigenvalue weighted by molar-refractivity contribution is -0.0586. The molecule has 2 heterocycles. The van der Waals surface area contributed by atoms with Crippen LogP contribution in [0.4, 0.5) is 0 Å². The second-order valence-corrected chi connectivity index (χ2v) is 5.27. The zero-order valence-electron chi connectivity index (χ0n) is 12.0. The predicted molar refractivity (Wildman–Crippen MR) is 75.1 cm³/mol. The molecule has 7 nitrogen and oxygen atoms in total. The van der Waals surface area contributed by atoms with Crippen LogP contribution in [0, 0.1) is 0 Å². The molecule has 21 heavy (non-hydrogen) atoms. The van der Waals surface area contributed by atoms with Gasteiger partial charge in [-0.1, -0.05) is 6.07 Å². The van der Waals surface area contributed by atoms with Gasteiger partial charge in [0.05, 0.1) is 17.9 Å². The van der Waals surface area contributed by atoms with E-state index in [1.54, 1.807) is 12.1 Å². The molecule has 0 spiro atoms. The normalized spacial score (nSPS) is 22.3. The summed E-state index contributed by atoms with van der Waals surface area (Å²) in [6.45, 7) is 5.18. The minimum absolute atomic E-state index is 0.00641. The number of hydrogen-bond acceptors (Lipinski definition) is 5. The first-order valence-corrected chi connectivity index (χ1v) is 6.91. The van der Waals surface area contributed by atoms with E-state index in [-0.39, 0.29) is 18.1 Å². The first-order valence-electron chi connectivity index (χ1n) is 6.91. The summed E-state index contributed by atoms with van der Waals surface area (Å²) in [6, 6.07) is 7.29. The molecule has 0 saturated carbocycles. The Labute approximate surface area is 122 Å². The molecule has 1 aromatic heterocycles. The summed E-state index contributed by atoms with van der Waals surface area (Å²) in [6.07, 6.45) is 1.61. The summed E-state index contributed by atoms with van der Waals surface area (Å²) in [7, 11) is 0. The maximum absolute atomic E-state index is 12.6. The topological polar surface area (TPSA) is 73.1 Å². The Morgan fingerprint density at radius 2 is 2.05 bits per heavy atom. The third-order valence-electron chi connectivity index (χ3n) is 3.41. The Morgan fingerprint density at radius 3 is 2.71 bits per heavy atom. The molecule has 1 fully saturated rings. The Kier molecular flexibility index (Phi) is 3.66. The molecule has 0 aliphatic carbocycles. The number of morpholine rings is 1. The van der Waals surface area contributed by atoms with Gasteiger partial charge < -0.3 is 9.64 Å². The number of carbonyl (C=O) groups is 1. The molecule has 2 aromatic rings. The number of nitrogens with zero attached hydrogens (tertiary/aromatic N) is 5. The highest BCUT2D eigenvalue weighted by Crippen LogP contribution is 2.16. The molecular formula is C14H17N5O2. The first-order chi connectivity index (χ1) is 10.1. The second kappa shape index (κ2) is 5.61. The van der Waals surface area contributed by atoms with Gasteiger partial charge in [0.15, 0.2) is 0 Å². The Balaban J connectivity index is 1.83. The van der Waals surface area contributed by atoms with Crippen LogP contribution in [0.3, 0.4) is 0 Å². The summed E-state index contributed by atoms with van der Waals surface area (Å²) in [4.78, 5) is 14.5. The van der Waals surface area contributed by atoms with Gasteiger partial charge >= 0.3 is 0 Å². The second-order valence-electron chi connectivity index (χ2n) is 5.27. The lowest BCUT2D eigenvalue weighted by atomic mass is 10.1. The third-order valence-corrected chi connectivity index (χ3v) is 3.41. The van der Waals surface area contributed by atoms with Crippen LogP contribution >= 0.6 is 0 Å². The molecule has 0 N–H and O–H groups in total. The molecule has 1 aliphatic heterocycles. The average Bonchev–Trinajstić information content (AvgIpc) is 3.00. The van der Waals surface area contributed by atoms with Crippen molar-refractivity contribution >= 4 is 5.91 Å². The number of hydrogen-bond donors (Lipinski definition) is 0. The molecule has 1 saturated heterocycles. The van der Waals surface area contributed by atoms with Crippen molar-refractivity contribution in [1.82, 2.24) is 25.1 Å². The fourth-order valence-electron chi connectivity index (χ4n) is 2.59. The van der Waals surface area contributed by atoms with Gasteiger partial charge in [-0.2, -0.15) is 0 Å². The highest BCUT2D eigenvalue weighted by Gasteiger charge is 2.26.